The van der Waals surface area contributed by atoms with Crippen LogP contribution < -0.4 is 4.90 Å². The lowest BCUT2D eigenvalue weighted by Gasteiger charge is -2.21. The molecule has 140 valence electrons. The van der Waals surface area contributed by atoms with Gasteiger partial charge in [-0.25, -0.2) is 4.39 Å². The van der Waals surface area contributed by atoms with E-state index >= 15 is 0 Å². The van der Waals surface area contributed by atoms with Crippen LogP contribution >= 0.6 is 11.8 Å². The van der Waals surface area contributed by atoms with Gasteiger partial charge in [0.05, 0.1) is 18.2 Å². The fraction of sp³-hybridized carbons (Fsp3) is 0.250. The molecule has 0 aliphatic heterocycles. The predicted molar refractivity (Wildman–Crippen MR) is 102 cm³/mol. The SMILES string of the molecule is Cc1ccc(N(CCC#N)C(=O)COC(=O)CSc2ccccc2F)cc1. The van der Waals surface area contributed by atoms with Gasteiger partial charge in [-0.3, -0.25) is 9.59 Å². The van der Waals surface area contributed by atoms with Crippen molar-refractivity contribution in [2.75, 3.05) is 23.8 Å². The Morgan fingerprint density at radius 2 is 1.89 bits per heavy atom. The van der Waals surface area contributed by atoms with E-state index in [4.69, 9.17) is 10.00 Å². The highest BCUT2D eigenvalue weighted by Crippen LogP contribution is 2.21. The third-order valence-electron chi connectivity index (χ3n) is 3.63. The van der Waals surface area contributed by atoms with E-state index in [1.54, 1.807) is 30.3 Å². The molecular formula is C20H19FN2O3S. The zero-order valence-corrected chi connectivity index (χ0v) is 15.7. The molecule has 0 radical (unpaired) electrons. The van der Waals surface area contributed by atoms with Gasteiger partial charge in [-0.15, -0.1) is 11.8 Å². The molecule has 2 aromatic rings. The number of esters is 1. The minimum atomic E-state index is -0.610. The average molecular weight is 386 g/mol. The smallest absolute Gasteiger partial charge is 0.316 e. The summed E-state index contributed by atoms with van der Waals surface area (Å²) < 4.78 is 18.5. The number of thioether (sulfide) groups is 1. The normalized spacial score (nSPS) is 10.1. The largest absolute Gasteiger partial charge is 0.455 e. The third-order valence-corrected chi connectivity index (χ3v) is 4.65. The van der Waals surface area contributed by atoms with Crippen molar-refractivity contribution in [1.82, 2.24) is 0 Å². The van der Waals surface area contributed by atoms with Gasteiger partial charge in [-0.1, -0.05) is 29.8 Å². The first kappa shape index (κ1) is 20.5. The number of nitriles is 1. The average Bonchev–Trinajstić information content (AvgIpc) is 2.67. The lowest BCUT2D eigenvalue weighted by molar-refractivity contribution is -0.145. The molecule has 2 aromatic carbocycles. The summed E-state index contributed by atoms with van der Waals surface area (Å²) >= 11 is 1.01. The van der Waals surface area contributed by atoms with Crippen LogP contribution in [-0.4, -0.2) is 30.8 Å². The zero-order chi connectivity index (χ0) is 19.6. The Morgan fingerprint density at radius 3 is 2.56 bits per heavy atom. The van der Waals surface area contributed by atoms with Crippen molar-refractivity contribution in [2.24, 2.45) is 0 Å². The van der Waals surface area contributed by atoms with E-state index in [1.165, 1.54) is 11.0 Å². The number of nitrogens with zero attached hydrogens (tertiary/aromatic N) is 2. The number of carbonyl (C=O) groups is 2. The van der Waals surface area contributed by atoms with Gasteiger partial charge in [-0.05, 0) is 31.2 Å². The Balaban J connectivity index is 1.90. The lowest BCUT2D eigenvalue weighted by atomic mass is 10.2. The molecule has 7 heteroatoms. The molecule has 0 saturated carbocycles. The van der Waals surface area contributed by atoms with Crippen LogP contribution in [0.5, 0.6) is 0 Å². The monoisotopic (exact) mass is 386 g/mol. The minimum Gasteiger partial charge on any atom is -0.455 e. The summed E-state index contributed by atoms with van der Waals surface area (Å²) in [5, 5.41) is 8.80. The van der Waals surface area contributed by atoms with Crippen LogP contribution in [0.4, 0.5) is 10.1 Å². The van der Waals surface area contributed by atoms with Gasteiger partial charge in [0.1, 0.15) is 5.82 Å². The molecule has 0 atom stereocenters. The summed E-state index contributed by atoms with van der Waals surface area (Å²) in [6, 6.07) is 15.4. The van der Waals surface area contributed by atoms with Crippen LogP contribution in [0.2, 0.25) is 0 Å². The Morgan fingerprint density at radius 1 is 1.19 bits per heavy atom. The van der Waals surface area contributed by atoms with E-state index in [0.717, 1.165) is 17.3 Å². The number of anilines is 1. The fourth-order valence-corrected chi connectivity index (χ4v) is 2.98. The summed E-state index contributed by atoms with van der Waals surface area (Å²) in [5.74, 6) is -1.54. The van der Waals surface area contributed by atoms with E-state index < -0.39 is 24.3 Å². The number of halogens is 1. The van der Waals surface area contributed by atoms with Crippen molar-refractivity contribution in [3.8, 4) is 6.07 Å². The molecule has 0 fully saturated rings. The second kappa shape index (κ2) is 10.3. The number of aryl methyl sites for hydroxylation is 1. The van der Waals surface area contributed by atoms with Crippen molar-refractivity contribution in [1.29, 1.82) is 5.26 Å². The van der Waals surface area contributed by atoms with Gasteiger partial charge in [-0.2, -0.15) is 5.26 Å². The molecule has 5 nitrogen and oxygen atoms in total. The number of amides is 1. The summed E-state index contributed by atoms with van der Waals surface area (Å²) in [6.45, 7) is 1.70. The second-order valence-electron chi connectivity index (χ2n) is 5.67. The highest BCUT2D eigenvalue weighted by Gasteiger charge is 2.18. The molecule has 0 unspecified atom stereocenters. The molecule has 1 amide bonds. The maximum atomic E-state index is 13.5. The van der Waals surface area contributed by atoms with Crippen LogP contribution in [0.25, 0.3) is 0 Å². The standard InChI is InChI=1S/C20H19FN2O3S/c1-15-7-9-16(10-8-15)23(12-4-11-22)19(24)13-26-20(25)14-27-18-6-3-2-5-17(18)21/h2-3,5-10H,4,12-14H2,1H3. The molecule has 0 bridgehead atoms. The van der Waals surface area contributed by atoms with E-state index in [9.17, 15) is 14.0 Å². The number of hydrogen-bond acceptors (Lipinski definition) is 5. The number of rotatable bonds is 8. The van der Waals surface area contributed by atoms with Crippen molar-refractivity contribution >= 4 is 29.3 Å². The van der Waals surface area contributed by atoms with Crippen LogP contribution in [0.3, 0.4) is 0 Å². The van der Waals surface area contributed by atoms with E-state index in [2.05, 4.69) is 0 Å². The summed E-state index contributed by atoms with van der Waals surface area (Å²) in [5.41, 5.74) is 1.68. The number of benzene rings is 2. The van der Waals surface area contributed by atoms with Gasteiger partial charge in [0.15, 0.2) is 6.61 Å². The molecule has 2 rings (SSSR count). The topological polar surface area (TPSA) is 70.4 Å². The van der Waals surface area contributed by atoms with Crippen LogP contribution in [0.1, 0.15) is 12.0 Å². The zero-order valence-electron chi connectivity index (χ0n) is 14.9. The van der Waals surface area contributed by atoms with Gasteiger partial charge in [0, 0.05) is 17.1 Å². The summed E-state index contributed by atoms with van der Waals surface area (Å²) in [6.07, 6.45) is 0.163. The molecule has 0 aliphatic carbocycles. The Hall–Kier alpha value is -2.85. The second-order valence-corrected chi connectivity index (χ2v) is 6.69. The maximum absolute atomic E-state index is 13.5. The number of ether oxygens (including phenoxy) is 1. The van der Waals surface area contributed by atoms with Gasteiger partial charge in [0.25, 0.3) is 5.91 Å². The molecule has 0 aromatic heterocycles. The maximum Gasteiger partial charge on any atom is 0.316 e. The Labute approximate surface area is 161 Å². The van der Waals surface area contributed by atoms with E-state index in [-0.39, 0.29) is 18.7 Å². The quantitative estimate of drug-likeness (QED) is 0.511. The van der Waals surface area contributed by atoms with Crippen LogP contribution in [0, 0.1) is 24.1 Å². The van der Waals surface area contributed by atoms with Gasteiger partial charge >= 0.3 is 5.97 Å². The fourth-order valence-electron chi connectivity index (χ4n) is 2.24. The molecule has 0 spiro atoms. The predicted octanol–water partition coefficient (Wildman–Crippen LogP) is 3.72. The first-order valence-electron chi connectivity index (χ1n) is 8.28. The molecular weight excluding hydrogens is 367 g/mol. The van der Waals surface area contributed by atoms with E-state index in [0.29, 0.717) is 10.6 Å². The van der Waals surface area contributed by atoms with Gasteiger partial charge in [0.2, 0.25) is 0 Å². The van der Waals surface area contributed by atoms with Crippen LogP contribution in [-0.2, 0) is 14.3 Å². The third kappa shape index (κ3) is 6.42. The molecule has 0 saturated heterocycles. The highest BCUT2D eigenvalue weighted by atomic mass is 32.2. The summed E-state index contributed by atoms with van der Waals surface area (Å²) in [7, 11) is 0. The van der Waals surface area contributed by atoms with Crippen molar-refractivity contribution in [3.63, 3.8) is 0 Å². The highest BCUT2D eigenvalue weighted by molar-refractivity contribution is 8.00. The first-order valence-corrected chi connectivity index (χ1v) is 9.26. The van der Waals surface area contributed by atoms with Crippen molar-refractivity contribution in [2.45, 2.75) is 18.2 Å². The first-order chi connectivity index (χ1) is 13.0. The number of hydrogen-bond donors (Lipinski definition) is 0. The molecule has 27 heavy (non-hydrogen) atoms. The Bertz CT molecular complexity index is 834. The van der Waals surface area contributed by atoms with Crippen LogP contribution in [0.15, 0.2) is 53.4 Å². The lowest BCUT2D eigenvalue weighted by Crippen LogP contribution is -2.35. The minimum absolute atomic E-state index is 0.100. The molecule has 0 aliphatic rings. The van der Waals surface area contributed by atoms with E-state index in [1.807, 2.05) is 25.1 Å². The summed E-state index contributed by atoms with van der Waals surface area (Å²) in [4.78, 5) is 26.1. The Kier molecular flexibility index (Phi) is 7.83. The van der Waals surface area contributed by atoms with Crippen molar-refractivity contribution < 1.29 is 18.7 Å². The molecule has 0 heterocycles. The number of carbonyl (C=O) groups excluding carboxylic acids is 2. The molecule has 0 N–H and O–H groups in total. The van der Waals surface area contributed by atoms with Gasteiger partial charge < -0.3 is 9.64 Å². The van der Waals surface area contributed by atoms with Crippen molar-refractivity contribution in [3.05, 3.63) is 59.9 Å².